The molecule has 68 valence electrons. The van der Waals surface area contributed by atoms with Crippen molar-refractivity contribution in [1.82, 2.24) is 0 Å². The Balaban J connectivity index is 2.48. The predicted octanol–water partition coefficient (Wildman–Crippen LogP) is 2.06. The summed E-state index contributed by atoms with van der Waals surface area (Å²) < 4.78 is 5.33. The summed E-state index contributed by atoms with van der Waals surface area (Å²) in [4.78, 5) is 11.2. The molecule has 1 atom stereocenters. The minimum absolute atomic E-state index is 0.144. The highest BCUT2D eigenvalue weighted by Crippen LogP contribution is 2.36. The summed E-state index contributed by atoms with van der Waals surface area (Å²) in [6, 6.07) is 5.25. The van der Waals surface area contributed by atoms with E-state index in [9.17, 15) is 4.79 Å². The average molecular weight is 198 g/mol. The maximum atomic E-state index is 11.2. The molecule has 0 radical (unpaired) electrons. The van der Waals surface area contributed by atoms with E-state index in [-0.39, 0.29) is 5.91 Å². The smallest absolute Gasteiger partial charge is 0.265 e. The van der Waals surface area contributed by atoms with Crippen LogP contribution in [0.4, 0.5) is 5.69 Å². The average Bonchev–Trinajstić information content (AvgIpc) is 2.09. The van der Waals surface area contributed by atoms with Gasteiger partial charge in [-0.1, -0.05) is 17.7 Å². The molecule has 1 N–H and O–H groups in total. The van der Waals surface area contributed by atoms with E-state index in [2.05, 4.69) is 5.32 Å². The number of fused-ring (bicyclic) bond motifs is 1. The van der Waals surface area contributed by atoms with Crippen LogP contribution in [-0.4, -0.2) is 12.0 Å². The van der Waals surface area contributed by atoms with Gasteiger partial charge in [-0.25, -0.2) is 0 Å². The first kappa shape index (κ1) is 8.38. The van der Waals surface area contributed by atoms with Crippen LogP contribution in [0.3, 0.4) is 0 Å². The van der Waals surface area contributed by atoms with Gasteiger partial charge in [-0.2, -0.15) is 0 Å². The Morgan fingerprint density at radius 2 is 2.31 bits per heavy atom. The lowest BCUT2D eigenvalue weighted by atomic mass is 10.2. The number of carbonyl (C=O) groups is 1. The summed E-state index contributed by atoms with van der Waals surface area (Å²) in [7, 11) is 0. The molecule has 1 aliphatic heterocycles. The van der Waals surface area contributed by atoms with Crippen LogP contribution in [0.1, 0.15) is 6.92 Å². The molecule has 2 rings (SSSR count). The number of amides is 1. The fraction of sp³-hybridized carbons (Fsp3) is 0.222. The van der Waals surface area contributed by atoms with Crippen molar-refractivity contribution in [2.24, 2.45) is 0 Å². The quantitative estimate of drug-likeness (QED) is 0.692. The van der Waals surface area contributed by atoms with Crippen LogP contribution < -0.4 is 10.1 Å². The molecule has 0 fully saturated rings. The van der Waals surface area contributed by atoms with Gasteiger partial charge in [-0.05, 0) is 19.1 Å². The van der Waals surface area contributed by atoms with Crippen molar-refractivity contribution in [2.45, 2.75) is 13.0 Å². The maximum absolute atomic E-state index is 11.2. The van der Waals surface area contributed by atoms with Gasteiger partial charge in [0.05, 0.1) is 10.7 Å². The molecule has 0 saturated heterocycles. The van der Waals surface area contributed by atoms with Gasteiger partial charge >= 0.3 is 0 Å². The first-order valence-electron chi connectivity index (χ1n) is 3.94. The minimum Gasteiger partial charge on any atom is -0.477 e. The fourth-order valence-corrected chi connectivity index (χ4v) is 1.41. The molecule has 1 aromatic carbocycles. The summed E-state index contributed by atoms with van der Waals surface area (Å²) in [6.45, 7) is 1.68. The minimum atomic E-state index is -0.479. The molecule has 13 heavy (non-hydrogen) atoms. The second kappa shape index (κ2) is 2.92. The SMILES string of the molecule is CC1Oc2c(Cl)cccc2NC1=O. The lowest BCUT2D eigenvalue weighted by Crippen LogP contribution is -2.34. The Hall–Kier alpha value is -1.22. The maximum Gasteiger partial charge on any atom is 0.265 e. The molecule has 4 heteroatoms. The van der Waals surface area contributed by atoms with Gasteiger partial charge in [0.2, 0.25) is 0 Å². The third kappa shape index (κ3) is 1.35. The van der Waals surface area contributed by atoms with Gasteiger partial charge in [0, 0.05) is 0 Å². The van der Waals surface area contributed by atoms with E-state index >= 15 is 0 Å². The number of anilines is 1. The van der Waals surface area contributed by atoms with Gasteiger partial charge in [-0.3, -0.25) is 4.79 Å². The lowest BCUT2D eigenvalue weighted by molar-refractivity contribution is -0.122. The summed E-state index contributed by atoms with van der Waals surface area (Å²) >= 11 is 5.88. The van der Waals surface area contributed by atoms with Crippen molar-refractivity contribution < 1.29 is 9.53 Å². The fourth-order valence-electron chi connectivity index (χ4n) is 1.19. The van der Waals surface area contributed by atoms with Gasteiger partial charge in [0.25, 0.3) is 5.91 Å². The third-order valence-corrected chi connectivity index (χ3v) is 2.19. The van der Waals surface area contributed by atoms with Gasteiger partial charge in [0.1, 0.15) is 0 Å². The monoisotopic (exact) mass is 197 g/mol. The summed E-state index contributed by atoms with van der Waals surface area (Å²) in [6.07, 6.45) is -0.479. The topological polar surface area (TPSA) is 38.3 Å². The van der Waals surface area contributed by atoms with E-state index in [1.165, 1.54) is 0 Å². The predicted molar refractivity (Wildman–Crippen MR) is 50.2 cm³/mol. The highest BCUT2D eigenvalue weighted by molar-refractivity contribution is 6.32. The van der Waals surface area contributed by atoms with Gasteiger partial charge in [-0.15, -0.1) is 0 Å². The van der Waals surface area contributed by atoms with E-state index in [0.717, 1.165) is 0 Å². The molecule has 0 aromatic heterocycles. The third-order valence-electron chi connectivity index (χ3n) is 1.89. The molecule has 0 saturated carbocycles. The molecule has 3 nitrogen and oxygen atoms in total. The van der Waals surface area contributed by atoms with Crippen molar-refractivity contribution in [3.8, 4) is 5.75 Å². The largest absolute Gasteiger partial charge is 0.477 e. The zero-order valence-electron chi connectivity index (χ0n) is 7.00. The van der Waals surface area contributed by atoms with Crippen molar-refractivity contribution in [3.05, 3.63) is 23.2 Å². The first-order valence-corrected chi connectivity index (χ1v) is 4.32. The van der Waals surface area contributed by atoms with Crippen LogP contribution in [0.2, 0.25) is 5.02 Å². The molecular formula is C9H8ClNO2. The zero-order chi connectivity index (χ0) is 9.42. The summed E-state index contributed by atoms with van der Waals surface area (Å²) in [5.41, 5.74) is 0.635. The van der Waals surface area contributed by atoms with Crippen molar-refractivity contribution in [2.75, 3.05) is 5.32 Å². The Morgan fingerprint density at radius 3 is 3.08 bits per heavy atom. The Bertz CT molecular complexity index is 365. The van der Waals surface area contributed by atoms with Crippen molar-refractivity contribution in [3.63, 3.8) is 0 Å². The van der Waals surface area contributed by atoms with Crippen molar-refractivity contribution >= 4 is 23.2 Å². The molecule has 1 aliphatic rings. The number of nitrogens with one attached hydrogen (secondary N) is 1. The van der Waals surface area contributed by atoms with Crippen LogP contribution in [0.5, 0.6) is 5.75 Å². The van der Waals surface area contributed by atoms with E-state index in [4.69, 9.17) is 16.3 Å². The highest BCUT2D eigenvalue weighted by atomic mass is 35.5. The van der Waals surface area contributed by atoms with Gasteiger partial charge < -0.3 is 10.1 Å². The van der Waals surface area contributed by atoms with Gasteiger partial charge in [0.15, 0.2) is 11.9 Å². The number of hydrogen-bond donors (Lipinski definition) is 1. The van der Waals surface area contributed by atoms with Crippen LogP contribution in [0.15, 0.2) is 18.2 Å². The molecule has 0 bridgehead atoms. The molecule has 1 unspecified atom stereocenters. The van der Waals surface area contributed by atoms with Crippen LogP contribution in [0.25, 0.3) is 0 Å². The van der Waals surface area contributed by atoms with E-state index in [1.54, 1.807) is 25.1 Å². The first-order chi connectivity index (χ1) is 6.18. The molecule has 0 aliphatic carbocycles. The number of benzene rings is 1. The van der Waals surface area contributed by atoms with Crippen LogP contribution in [-0.2, 0) is 4.79 Å². The molecule has 1 heterocycles. The number of ether oxygens (including phenoxy) is 1. The Morgan fingerprint density at radius 1 is 1.54 bits per heavy atom. The summed E-state index contributed by atoms with van der Waals surface area (Å²) in [5, 5.41) is 3.22. The standard InChI is InChI=1S/C9H8ClNO2/c1-5-9(12)11-7-4-2-3-6(10)8(7)13-5/h2-5H,1H3,(H,11,12). The second-order valence-corrected chi connectivity index (χ2v) is 3.27. The number of carbonyl (C=O) groups excluding carboxylic acids is 1. The highest BCUT2D eigenvalue weighted by Gasteiger charge is 2.24. The molecule has 0 spiro atoms. The lowest BCUT2D eigenvalue weighted by Gasteiger charge is -2.23. The van der Waals surface area contributed by atoms with Crippen molar-refractivity contribution in [1.29, 1.82) is 0 Å². The number of halogens is 1. The van der Waals surface area contributed by atoms with Crippen LogP contribution in [0, 0.1) is 0 Å². The normalized spacial score (nSPS) is 20.2. The van der Waals surface area contributed by atoms with E-state index in [0.29, 0.717) is 16.5 Å². The Kier molecular flexibility index (Phi) is 1.88. The molecular weight excluding hydrogens is 190 g/mol. The summed E-state index contributed by atoms with van der Waals surface area (Å²) in [5.74, 6) is 0.408. The number of rotatable bonds is 0. The Labute approximate surface area is 80.6 Å². The number of para-hydroxylation sites is 1. The molecule has 1 aromatic rings. The number of hydrogen-bond acceptors (Lipinski definition) is 2. The molecule has 1 amide bonds. The van der Waals surface area contributed by atoms with E-state index < -0.39 is 6.10 Å². The van der Waals surface area contributed by atoms with E-state index in [1.807, 2.05) is 0 Å². The zero-order valence-corrected chi connectivity index (χ0v) is 7.76. The van der Waals surface area contributed by atoms with Crippen LogP contribution >= 0.6 is 11.6 Å². The second-order valence-electron chi connectivity index (χ2n) is 2.87.